The van der Waals surface area contributed by atoms with Crippen LogP contribution in [-0.2, 0) is 4.79 Å². The first-order chi connectivity index (χ1) is 18.2. The highest BCUT2D eigenvalue weighted by Crippen LogP contribution is 2.40. The molecule has 0 radical (unpaired) electrons. The van der Waals surface area contributed by atoms with Gasteiger partial charge in [-0.25, -0.2) is 0 Å². The lowest BCUT2D eigenvalue weighted by molar-refractivity contribution is -0.111. The van der Waals surface area contributed by atoms with Gasteiger partial charge in [-0.05, 0) is 67.8 Å². The molecule has 0 saturated carbocycles. The number of hydrazone groups is 1. The minimum absolute atomic E-state index is 0.0141. The van der Waals surface area contributed by atoms with E-state index in [2.05, 4.69) is 15.3 Å². The summed E-state index contributed by atoms with van der Waals surface area (Å²) in [4.78, 5) is 15.0. The predicted molar refractivity (Wildman–Crippen MR) is 145 cm³/mol. The molecule has 0 atom stereocenters. The molecule has 4 aromatic rings. The van der Waals surface area contributed by atoms with E-state index in [9.17, 15) is 18.7 Å². The van der Waals surface area contributed by atoms with E-state index in [0.29, 0.717) is 28.2 Å². The number of amides is 1. The molecule has 0 saturated heterocycles. The summed E-state index contributed by atoms with van der Waals surface area (Å²) >= 11 is 0. The van der Waals surface area contributed by atoms with Crippen molar-refractivity contribution >= 4 is 28.7 Å². The summed E-state index contributed by atoms with van der Waals surface area (Å²) in [6, 6.07) is 22.8. The van der Waals surface area contributed by atoms with E-state index in [1.165, 1.54) is 23.1 Å². The summed E-state index contributed by atoms with van der Waals surface area (Å²) in [6.07, 6.45) is 0. The van der Waals surface area contributed by atoms with E-state index in [1.54, 1.807) is 24.3 Å². The highest BCUT2D eigenvalue weighted by atomic mass is 19.3. The second-order valence-corrected chi connectivity index (χ2v) is 9.11. The molecule has 0 bridgehead atoms. The fourth-order valence-corrected chi connectivity index (χ4v) is 4.43. The maximum Gasteiger partial charge on any atom is 0.387 e. The van der Waals surface area contributed by atoms with E-state index in [1.807, 2.05) is 57.2 Å². The minimum Gasteiger partial charge on any atom is -0.505 e. The number of halogens is 2. The zero-order chi connectivity index (χ0) is 27.0. The summed E-state index contributed by atoms with van der Waals surface area (Å²) < 4.78 is 30.4. The van der Waals surface area contributed by atoms with Crippen molar-refractivity contribution < 1.29 is 23.4 Å². The molecule has 38 heavy (non-hydrogen) atoms. The van der Waals surface area contributed by atoms with Crippen LogP contribution in [0.25, 0.3) is 11.1 Å². The van der Waals surface area contributed by atoms with Crippen LogP contribution in [0.5, 0.6) is 11.5 Å². The van der Waals surface area contributed by atoms with Crippen molar-refractivity contribution in [1.29, 1.82) is 0 Å². The number of phenols is 1. The Morgan fingerprint density at radius 1 is 0.895 bits per heavy atom. The number of fused-ring (bicyclic) bond motifs is 1. The Balaban J connectivity index is 1.55. The van der Waals surface area contributed by atoms with Gasteiger partial charge in [-0.1, -0.05) is 48.0 Å². The average molecular weight is 514 g/mol. The molecule has 5 rings (SSSR count). The van der Waals surface area contributed by atoms with Gasteiger partial charge in [-0.15, -0.1) is 0 Å². The average Bonchev–Trinajstić information content (AvgIpc) is 3.15. The summed E-state index contributed by atoms with van der Waals surface area (Å²) in [6.45, 7) is 2.86. The number of carbonyl (C=O) groups is 1. The molecule has 1 heterocycles. The summed E-state index contributed by atoms with van der Waals surface area (Å²) in [7, 11) is 0. The maximum absolute atomic E-state index is 13.6. The number of phenolic OH excluding ortho intramolecular Hbond substituents is 1. The van der Waals surface area contributed by atoms with Crippen molar-refractivity contribution in [2.24, 2.45) is 5.10 Å². The number of nitrogens with one attached hydrogen (secondary N) is 1. The first-order valence-electron chi connectivity index (χ1n) is 12.0. The van der Waals surface area contributed by atoms with Crippen LogP contribution >= 0.6 is 0 Å². The van der Waals surface area contributed by atoms with E-state index in [4.69, 9.17) is 0 Å². The molecule has 1 aliphatic rings. The summed E-state index contributed by atoms with van der Waals surface area (Å²) in [5, 5.41) is 15.3. The minimum atomic E-state index is -3.00. The molecule has 2 N–H and O–H groups in total. The third kappa shape index (κ3) is 4.68. The van der Waals surface area contributed by atoms with Gasteiger partial charge >= 0.3 is 6.61 Å². The van der Waals surface area contributed by atoms with E-state index >= 15 is 0 Å². The van der Waals surface area contributed by atoms with Crippen LogP contribution in [0.2, 0.25) is 0 Å². The van der Waals surface area contributed by atoms with Crippen LogP contribution < -0.4 is 15.1 Å². The predicted octanol–water partition coefficient (Wildman–Crippen LogP) is 7.08. The van der Waals surface area contributed by atoms with Gasteiger partial charge in [0.15, 0.2) is 5.71 Å². The number of carbonyl (C=O) groups excluding carboxylic acids is 1. The van der Waals surface area contributed by atoms with Gasteiger partial charge in [0, 0.05) is 22.9 Å². The normalized spacial score (nSPS) is 13.8. The Kier molecular flexibility index (Phi) is 6.55. The second-order valence-electron chi connectivity index (χ2n) is 9.11. The van der Waals surface area contributed by atoms with Crippen LogP contribution in [-0.4, -0.2) is 23.3 Å². The van der Waals surface area contributed by atoms with Gasteiger partial charge < -0.3 is 9.84 Å². The van der Waals surface area contributed by atoms with E-state index < -0.39 is 12.5 Å². The topological polar surface area (TPSA) is 74.2 Å². The van der Waals surface area contributed by atoms with Crippen LogP contribution in [0.15, 0.2) is 84.0 Å². The number of benzene rings is 4. The molecule has 0 fully saturated rings. The van der Waals surface area contributed by atoms with Gasteiger partial charge in [-0.2, -0.15) is 13.9 Å². The molecule has 0 aliphatic carbocycles. The Labute approximate surface area is 218 Å². The largest absolute Gasteiger partial charge is 0.505 e. The molecular weight excluding hydrogens is 488 g/mol. The highest BCUT2D eigenvalue weighted by Gasteiger charge is 2.36. The number of ether oxygens (including phenoxy) is 1. The van der Waals surface area contributed by atoms with E-state index in [-0.39, 0.29) is 17.2 Å². The lowest BCUT2D eigenvalue weighted by Gasteiger charge is -2.19. The molecule has 4 aromatic carbocycles. The lowest BCUT2D eigenvalue weighted by Crippen LogP contribution is -2.26. The number of hydrogen-bond acceptors (Lipinski definition) is 5. The third-order valence-corrected chi connectivity index (χ3v) is 6.50. The molecule has 0 aromatic heterocycles. The smallest absolute Gasteiger partial charge is 0.387 e. The van der Waals surface area contributed by atoms with Crippen molar-refractivity contribution in [2.75, 3.05) is 10.3 Å². The van der Waals surface area contributed by atoms with Crippen LogP contribution in [0.1, 0.15) is 22.3 Å². The zero-order valence-corrected chi connectivity index (χ0v) is 21.0. The van der Waals surface area contributed by atoms with Gasteiger partial charge in [0.1, 0.15) is 11.5 Å². The molecule has 8 heteroatoms. The maximum atomic E-state index is 13.6. The number of aryl methyl sites for hydroxylation is 3. The lowest BCUT2D eigenvalue weighted by atomic mass is 10.0. The number of nitrogens with zero attached hydrogens (tertiary/aromatic N) is 2. The first kappa shape index (κ1) is 25.0. The molecular formula is C30H25F2N3O3. The molecule has 1 amide bonds. The van der Waals surface area contributed by atoms with Crippen LogP contribution in [0.3, 0.4) is 0 Å². The fraction of sp³-hybridized carbons (Fsp3) is 0.133. The van der Waals surface area contributed by atoms with Crippen molar-refractivity contribution in [3.05, 3.63) is 101 Å². The number of anilines is 3. The number of aromatic hydroxyl groups is 1. The second kappa shape index (κ2) is 9.97. The Hall–Kier alpha value is -4.72. The molecule has 192 valence electrons. The number of alkyl halides is 2. The van der Waals surface area contributed by atoms with Gasteiger partial charge in [0.05, 0.1) is 11.4 Å². The number of para-hydroxylation sites is 1. The Bertz CT molecular complexity index is 1580. The molecule has 0 spiro atoms. The van der Waals surface area contributed by atoms with Crippen molar-refractivity contribution in [1.82, 2.24) is 0 Å². The SMILES string of the molecule is Cc1cccc(-c2cccc(N/N=C3\C(=O)N(c4ccc(C)c(C)c4)c4cc(OC(F)F)ccc43)c2O)c1. The monoisotopic (exact) mass is 513 g/mol. The Morgan fingerprint density at radius 3 is 2.42 bits per heavy atom. The van der Waals surface area contributed by atoms with Crippen molar-refractivity contribution in [2.45, 2.75) is 27.4 Å². The van der Waals surface area contributed by atoms with Crippen molar-refractivity contribution in [3.8, 4) is 22.6 Å². The quantitative estimate of drug-likeness (QED) is 0.213. The fourth-order valence-electron chi connectivity index (χ4n) is 4.43. The molecule has 1 aliphatic heterocycles. The summed E-state index contributed by atoms with van der Waals surface area (Å²) in [5.41, 5.74) is 9.13. The van der Waals surface area contributed by atoms with Crippen LogP contribution in [0, 0.1) is 20.8 Å². The van der Waals surface area contributed by atoms with Gasteiger partial charge in [-0.3, -0.25) is 15.1 Å². The number of hydrogen-bond donors (Lipinski definition) is 2. The van der Waals surface area contributed by atoms with E-state index in [0.717, 1.165) is 22.3 Å². The number of rotatable bonds is 6. The Morgan fingerprint density at radius 2 is 1.68 bits per heavy atom. The highest BCUT2D eigenvalue weighted by molar-refractivity contribution is 6.55. The first-order valence-corrected chi connectivity index (χ1v) is 12.0. The van der Waals surface area contributed by atoms with Crippen LogP contribution in [0.4, 0.5) is 25.8 Å². The zero-order valence-electron chi connectivity index (χ0n) is 21.0. The standard InChI is InChI=1S/C30H25F2N3O3/c1-17-6-4-7-20(14-17)23-8-5-9-25(28(23)36)33-34-27-24-13-12-22(38-30(31)32)16-26(24)35(29(27)37)21-11-10-18(2)19(3)15-21/h4-16,30,33,36H,1-3H3/b34-27-. The third-order valence-electron chi connectivity index (χ3n) is 6.50. The summed E-state index contributed by atoms with van der Waals surface area (Å²) in [5.74, 6) is -0.530. The van der Waals surface area contributed by atoms with Gasteiger partial charge in [0.25, 0.3) is 5.91 Å². The van der Waals surface area contributed by atoms with Gasteiger partial charge in [0.2, 0.25) is 0 Å². The van der Waals surface area contributed by atoms with Crippen molar-refractivity contribution in [3.63, 3.8) is 0 Å². The molecule has 0 unspecified atom stereocenters. The molecule has 6 nitrogen and oxygen atoms in total.